The first kappa shape index (κ1) is 25.3. The maximum Gasteiger partial charge on any atom is 0.299 e. The van der Waals surface area contributed by atoms with Gasteiger partial charge in [-0.3, -0.25) is 25.0 Å². The van der Waals surface area contributed by atoms with Crippen molar-refractivity contribution in [2.45, 2.75) is 12.8 Å². The number of rotatable bonds is 13. The van der Waals surface area contributed by atoms with E-state index >= 15 is 0 Å². The second-order valence-corrected chi connectivity index (χ2v) is 7.37. The molecular weight excluding hydrogens is 430 g/mol. The average molecular weight is 457 g/mol. The second-order valence-electron chi connectivity index (χ2n) is 7.37. The topological polar surface area (TPSA) is 151 Å². The Balaban J connectivity index is 1.63. The SMILES string of the molecule is CN(CCCNC(=O)/C=C/c1ccc(O)cc1)CCCNc1ccc([N+](=O)[O-])cc1[N+](=O)[O-]. The molecule has 0 spiro atoms. The molecule has 0 fully saturated rings. The van der Waals surface area contributed by atoms with Crippen molar-refractivity contribution in [2.75, 3.05) is 38.5 Å². The zero-order valence-electron chi connectivity index (χ0n) is 18.3. The van der Waals surface area contributed by atoms with Crippen LogP contribution in [0.4, 0.5) is 17.1 Å². The van der Waals surface area contributed by atoms with Gasteiger partial charge in [0, 0.05) is 25.2 Å². The molecule has 2 aromatic carbocycles. The van der Waals surface area contributed by atoms with Gasteiger partial charge in [-0.2, -0.15) is 0 Å². The lowest BCUT2D eigenvalue weighted by Crippen LogP contribution is -2.28. The van der Waals surface area contributed by atoms with Gasteiger partial charge in [-0.25, -0.2) is 0 Å². The number of carbonyl (C=O) groups excluding carboxylic acids is 1. The van der Waals surface area contributed by atoms with Gasteiger partial charge < -0.3 is 20.6 Å². The molecule has 2 rings (SSSR count). The van der Waals surface area contributed by atoms with E-state index in [0.29, 0.717) is 19.5 Å². The molecule has 1 amide bonds. The van der Waals surface area contributed by atoms with Gasteiger partial charge in [-0.05, 0) is 62.8 Å². The number of nitrogens with zero attached hydrogens (tertiary/aromatic N) is 3. The zero-order valence-corrected chi connectivity index (χ0v) is 18.3. The van der Waals surface area contributed by atoms with Gasteiger partial charge >= 0.3 is 0 Å². The molecule has 2 aromatic rings. The molecule has 0 saturated heterocycles. The number of non-ortho nitro benzene ring substituents is 1. The molecular formula is C22H27N5O6. The van der Waals surface area contributed by atoms with E-state index in [1.165, 1.54) is 18.2 Å². The summed E-state index contributed by atoms with van der Waals surface area (Å²) in [6, 6.07) is 10.1. The van der Waals surface area contributed by atoms with Crippen LogP contribution in [0.15, 0.2) is 48.5 Å². The van der Waals surface area contributed by atoms with E-state index in [-0.39, 0.29) is 28.7 Å². The summed E-state index contributed by atoms with van der Waals surface area (Å²) in [5.74, 6) is -0.0243. The lowest BCUT2D eigenvalue weighted by Gasteiger charge is -2.16. The molecule has 0 saturated carbocycles. The summed E-state index contributed by atoms with van der Waals surface area (Å²) < 4.78 is 0. The standard InChI is InChI=1S/C22H27N5O6/c1-25(15-3-13-24-22(29)11-6-17-4-8-19(28)9-5-17)14-2-12-23-20-10-7-18(26(30)31)16-21(20)27(32)33/h4-11,16,23,28H,2-3,12-15H2,1H3,(H,24,29)/b11-6+. The second kappa shape index (κ2) is 12.8. The summed E-state index contributed by atoms with van der Waals surface area (Å²) in [6.45, 7) is 2.50. The van der Waals surface area contributed by atoms with E-state index in [1.807, 2.05) is 7.05 Å². The lowest BCUT2D eigenvalue weighted by atomic mass is 10.2. The van der Waals surface area contributed by atoms with Crippen LogP contribution in [0.25, 0.3) is 6.08 Å². The Morgan fingerprint density at radius 1 is 1.03 bits per heavy atom. The highest BCUT2D eigenvalue weighted by Gasteiger charge is 2.19. The van der Waals surface area contributed by atoms with Crippen LogP contribution in [0.1, 0.15) is 18.4 Å². The minimum Gasteiger partial charge on any atom is -0.508 e. The molecule has 3 N–H and O–H groups in total. The quantitative estimate of drug-likeness (QED) is 0.180. The highest BCUT2D eigenvalue weighted by Crippen LogP contribution is 2.28. The van der Waals surface area contributed by atoms with Crippen LogP contribution in [0, 0.1) is 20.2 Å². The maximum atomic E-state index is 11.9. The predicted octanol–water partition coefficient (Wildman–Crippen LogP) is 3.16. The van der Waals surface area contributed by atoms with E-state index in [0.717, 1.165) is 31.1 Å². The number of anilines is 1. The first-order valence-electron chi connectivity index (χ1n) is 10.4. The third-order valence-electron chi connectivity index (χ3n) is 4.76. The van der Waals surface area contributed by atoms with Gasteiger partial charge in [-0.1, -0.05) is 12.1 Å². The molecule has 0 heterocycles. The van der Waals surface area contributed by atoms with E-state index in [1.54, 1.807) is 30.3 Å². The number of amides is 1. The fourth-order valence-corrected chi connectivity index (χ4v) is 2.99. The van der Waals surface area contributed by atoms with Crippen molar-refractivity contribution < 1.29 is 19.7 Å². The number of hydrogen-bond acceptors (Lipinski definition) is 8. The lowest BCUT2D eigenvalue weighted by molar-refractivity contribution is -0.393. The number of aromatic hydroxyl groups is 1. The Morgan fingerprint density at radius 3 is 2.33 bits per heavy atom. The molecule has 11 heteroatoms. The Kier molecular flexibility index (Phi) is 9.78. The van der Waals surface area contributed by atoms with Crippen molar-refractivity contribution in [2.24, 2.45) is 0 Å². The monoisotopic (exact) mass is 457 g/mol. The molecule has 0 aliphatic heterocycles. The minimum absolute atomic E-state index is 0.171. The number of hydrogen-bond donors (Lipinski definition) is 3. The van der Waals surface area contributed by atoms with Gasteiger partial charge in [0.2, 0.25) is 5.91 Å². The Labute approximate surface area is 191 Å². The van der Waals surface area contributed by atoms with Crippen LogP contribution in [0.2, 0.25) is 0 Å². The van der Waals surface area contributed by atoms with Crippen LogP contribution in [-0.4, -0.2) is 59.0 Å². The number of benzene rings is 2. The number of phenols is 1. The van der Waals surface area contributed by atoms with Crippen molar-refractivity contribution in [3.05, 3.63) is 74.3 Å². The molecule has 0 aliphatic carbocycles. The minimum atomic E-state index is -0.666. The smallest absolute Gasteiger partial charge is 0.299 e. The van der Waals surface area contributed by atoms with Crippen LogP contribution in [-0.2, 0) is 4.79 Å². The molecule has 33 heavy (non-hydrogen) atoms. The normalized spacial score (nSPS) is 11.0. The number of nitrogens with one attached hydrogen (secondary N) is 2. The van der Waals surface area contributed by atoms with Crippen molar-refractivity contribution in [1.29, 1.82) is 0 Å². The van der Waals surface area contributed by atoms with Crippen LogP contribution in [0.3, 0.4) is 0 Å². The summed E-state index contributed by atoms with van der Waals surface area (Å²) in [5, 5.41) is 37.0. The molecule has 176 valence electrons. The zero-order chi connectivity index (χ0) is 24.2. The van der Waals surface area contributed by atoms with E-state index < -0.39 is 9.85 Å². The third-order valence-corrected chi connectivity index (χ3v) is 4.76. The Morgan fingerprint density at radius 2 is 1.70 bits per heavy atom. The first-order chi connectivity index (χ1) is 15.8. The van der Waals surface area contributed by atoms with Gasteiger partial charge in [0.25, 0.3) is 11.4 Å². The summed E-state index contributed by atoms with van der Waals surface area (Å²) in [5.41, 5.74) is 0.411. The number of carbonyl (C=O) groups is 1. The van der Waals surface area contributed by atoms with Gasteiger partial charge in [0.15, 0.2) is 0 Å². The maximum absolute atomic E-state index is 11.9. The van der Waals surface area contributed by atoms with Crippen molar-refractivity contribution in [1.82, 2.24) is 10.2 Å². The van der Waals surface area contributed by atoms with Gasteiger partial charge in [0.1, 0.15) is 11.4 Å². The highest BCUT2D eigenvalue weighted by atomic mass is 16.6. The van der Waals surface area contributed by atoms with Crippen molar-refractivity contribution in [3.8, 4) is 5.75 Å². The molecule has 0 unspecified atom stereocenters. The first-order valence-corrected chi connectivity index (χ1v) is 10.4. The summed E-state index contributed by atoms with van der Waals surface area (Å²) in [4.78, 5) is 34.6. The number of nitro groups is 2. The fraction of sp³-hybridized carbons (Fsp3) is 0.318. The highest BCUT2D eigenvalue weighted by molar-refractivity contribution is 5.91. The molecule has 0 aliphatic rings. The van der Waals surface area contributed by atoms with E-state index in [4.69, 9.17) is 0 Å². The fourth-order valence-electron chi connectivity index (χ4n) is 2.99. The van der Waals surface area contributed by atoms with E-state index in [9.17, 15) is 30.1 Å². The predicted molar refractivity (Wildman–Crippen MR) is 125 cm³/mol. The van der Waals surface area contributed by atoms with Crippen LogP contribution in [0.5, 0.6) is 5.75 Å². The van der Waals surface area contributed by atoms with Crippen molar-refractivity contribution >= 4 is 29.0 Å². The average Bonchev–Trinajstić information content (AvgIpc) is 2.79. The van der Waals surface area contributed by atoms with Crippen LogP contribution < -0.4 is 10.6 Å². The van der Waals surface area contributed by atoms with Crippen molar-refractivity contribution in [3.63, 3.8) is 0 Å². The number of nitro benzene ring substituents is 2. The Hall–Kier alpha value is -3.99. The molecule has 11 nitrogen and oxygen atoms in total. The number of phenolic OH excluding ortho intramolecular Hbond substituents is 1. The molecule has 0 bridgehead atoms. The largest absolute Gasteiger partial charge is 0.508 e. The van der Waals surface area contributed by atoms with Gasteiger partial charge in [0.05, 0.1) is 15.9 Å². The molecule has 0 aromatic heterocycles. The van der Waals surface area contributed by atoms with Crippen LogP contribution >= 0.6 is 0 Å². The van der Waals surface area contributed by atoms with Gasteiger partial charge in [-0.15, -0.1) is 0 Å². The summed E-state index contributed by atoms with van der Waals surface area (Å²) in [7, 11) is 1.95. The Bertz CT molecular complexity index is 993. The summed E-state index contributed by atoms with van der Waals surface area (Å²) in [6.07, 6.45) is 4.59. The van der Waals surface area contributed by atoms with E-state index in [2.05, 4.69) is 15.5 Å². The third kappa shape index (κ3) is 8.95. The summed E-state index contributed by atoms with van der Waals surface area (Å²) >= 11 is 0. The molecule has 0 atom stereocenters. The molecule has 0 radical (unpaired) electrons.